The molecule has 0 fully saturated rings. The van der Waals surface area contributed by atoms with E-state index in [1.54, 1.807) is 18.2 Å². The van der Waals surface area contributed by atoms with Crippen LogP contribution in [0.5, 0.6) is 0 Å². The van der Waals surface area contributed by atoms with E-state index in [9.17, 15) is 4.79 Å². The van der Waals surface area contributed by atoms with Crippen molar-refractivity contribution in [3.63, 3.8) is 0 Å². The molecule has 4 nitrogen and oxygen atoms in total. The van der Waals surface area contributed by atoms with E-state index < -0.39 is 0 Å². The van der Waals surface area contributed by atoms with E-state index in [0.29, 0.717) is 20.9 Å². The quantitative estimate of drug-likeness (QED) is 0.544. The van der Waals surface area contributed by atoms with E-state index in [1.165, 1.54) is 16.9 Å². The summed E-state index contributed by atoms with van der Waals surface area (Å²) in [5, 5.41) is 8.96. The number of thiazole rings is 1. The Morgan fingerprint density at radius 2 is 1.84 bits per heavy atom. The number of anilines is 2. The monoisotopic (exact) mass is 391 g/mol. The number of urea groups is 1. The smallest absolute Gasteiger partial charge is 0.308 e. The third-order valence-corrected chi connectivity index (χ3v) is 5.02. The third-order valence-electron chi connectivity index (χ3n) is 3.69. The highest BCUT2D eigenvalue weighted by molar-refractivity contribution is 7.14. The molecule has 128 valence electrons. The molecule has 2 aromatic carbocycles. The first-order chi connectivity index (χ1) is 11.9. The first kappa shape index (κ1) is 17.7. The topological polar surface area (TPSA) is 54.0 Å². The van der Waals surface area contributed by atoms with E-state index in [2.05, 4.69) is 15.6 Å². The van der Waals surface area contributed by atoms with Crippen molar-refractivity contribution < 1.29 is 4.79 Å². The molecular formula is C18H15Cl2N3OS. The lowest BCUT2D eigenvalue weighted by atomic mass is 10.1. The zero-order valence-corrected chi connectivity index (χ0v) is 15.9. The van der Waals surface area contributed by atoms with Crippen LogP contribution in [0.2, 0.25) is 10.0 Å². The van der Waals surface area contributed by atoms with Gasteiger partial charge in [-0.3, -0.25) is 5.32 Å². The second-order valence-corrected chi connectivity index (χ2v) is 7.24. The Labute approximate surface area is 159 Å². The number of aryl methyl sites for hydroxylation is 2. The summed E-state index contributed by atoms with van der Waals surface area (Å²) in [5.74, 6) is 0. The van der Waals surface area contributed by atoms with Crippen molar-refractivity contribution in [2.24, 2.45) is 0 Å². The molecule has 2 N–H and O–H groups in total. The molecule has 0 saturated heterocycles. The first-order valence-corrected chi connectivity index (χ1v) is 9.12. The van der Waals surface area contributed by atoms with Gasteiger partial charge in [-0.1, -0.05) is 29.3 Å². The Bertz CT molecular complexity index is 940. The van der Waals surface area contributed by atoms with Crippen LogP contribution in [0.15, 0.2) is 41.8 Å². The van der Waals surface area contributed by atoms with Gasteiger partial charge in [-0.15, -0.1) is 11.3 Å². The van der Waals surface area contributed by atoms with Gasteiger partial charge in [0.1, 0.15) is 0 Å². The normalized spacial score (nSPS) is 10.6. The fourth-order valence-electron chi connectivity index (χ4n) is 2.23. The number of carbonyl (C=O) groups excluding carboxylic acids is 1. The maximum absolute atomic E-state index is 12.1. The molecule has 2 amide bonds. The van der Waals surface area contributed by atoms with E-state index >= 15 is 0 Å². The summed E-state index contributed by atoms with van der Waals surface area (Å²) in [6.45, 7) is 4.03. The van der Waals surface area contributed by atoms with Gasteiger partial charge in [0.2, 0.25) is 0 Å². The van der Waals surface area contributed by atoms with Crippen LogP contribution in [0.1, 0.15) is 11.1 Å². The number of aromatic nitrogens is 1. The lowest BCUT2D eigenvalue weighted by Crippen LogP contribution is -2.19. The number of rotatable bonds is 3. The molecule has 25 heavy (non-hydrogen) atoms. The molecule has 1 heterocycles. The molecule has 7 heteroatoms. The van der Waals surface area contributed by atoms with Crippen LogP contribution in [0, 0.1) is 13.8 Å². The average molecular weight is 392 g/mol. The van der Waals surface area contributed by atoms with Gasteiger partial charge in [-0.05, 0) is 55.3 Å². The molecule has 0 spiro atoms. The van der Waals surface area contributed by atoms with Crippen LogP contribution >= 0.6 is 34.5 Å². The molecule has 0 saturated carbocycles. The molecule has 0 radical (unpaired) electrons. The van der Waals surface area contributed by atoms with Gasteiger partial charge in [0.25, 0.3) is 0 Å². The summed E-state index contributed by atoms with van der Waals surface area (Å²) < 4.78 is 0. The maximum Gasteiger partial charge on any atom is 0.325 e. The number of hydrogen-bond acceptors (Lipinski definition) is 3. The molecule has 0 unspecified atom stereocenters. The highest BCUT2D eigenvalue weighted by atomic mass is 35.5. The molecular weight excluding hydrogens is 377 g/mol. The number of amides is 2. The maximum atomic E-state index is 12.1. The number of benzene rings is 2. The van der Waals surface area contributed by atoms with Crippen LogP contribution in [-0.2, 0) is 0 Å². The highest BCUT2D eigenvalue weighted by Crippen LogP contribution is 2.32. The van der Waals surface area contributed by atoms with E-state index in [0.717, 1.165) is 16.8 Å². The predicted molar refractivity (Wildman–Crippen MR) is 106 cm³/mol. The lowest BCUT2D eigenvalue weighted by Gasteiger charge is -2.07. The van der Waals surface area contributed by atoms with Crippen molar-refractivity contribution in [3.05, 3.63) is 63.0 Å². The van der Waals surface area contributed by atoms with Gasteiger partial charge in [-0.2, -0.15) is 0 Å². The zero-order chi connectivity index (χ0) is 18.0. The van der Waals surface area contributed by atoms with E-state index in [1.807, 2.05) is 37.4 Å². The number of nitrogens with one attached hydrogen (secondary N) is 2. The number of halogens is 2. The Balaban J connectivity index is 1.71. The minimum atomic E-state index is -0.346. The molecule has 3 aromatic rings. The summed E-state index contributed by atoms with van der Waals surface area (Å²) in [6, 6.07) is 10.6. The molecule has 0 aliphatic rings. The molecule has 3 rings (SSSR count). The van der Waals surface area contributed by atoms with E-state index in [-0.39, 0.29) is 6.03 Å². The number of hydrogen-bond donors (Lipinski definition) is 2. The minimum Gasteiger partial charge on any atom is -0.308 e. The van der Waals surface area contributed by atoms with Gasteiger partial charge in [-0.25, -0.2) is 9.78 Å². The average Bonchev–Trinajstić information content (AvgIpc) is 3.01. The highest BCUT2D eigenvalue weighted by Gasteiger charge is 2.11. The standard InChI is InChI=1S/C18H15Cl2N3OS/c1-10-3-5-13(7-11(10)2)21-17(24)23-18-22-16(9-25-18)14-8-12(19)4-6-15(14)20/h3-9H,1-2H3,(H2,21,22,23,24). The van der Waals surface area contributed by atoms with Crippen molar-refractivity contribution in [3.8, 4) is 11.3 Å². The van der Waals surface area contributed by atoms with Crippen molar-refractivity contribution >= 4 is 51.4 Å². The first-order valence-electron chi connectivity index (χ1n) is 7.48. The molecule has 0 bridgehead atoms. The Kier molecular flexibility index (Phi) is 5.27. The van der Waals surface area contributed by atoms with Crippen LogP contribution in [0.25, 0.3) is 11.3 Å². The Hall–Kier alpha value is -2.08. The molecule has 1 aromatic heterocycles. The fourth-order valence-corrected chi connectivity index (χ4v) is 3.32. The van der Waals surface area contributed by atoms with Gasteiger partial charge < -0.3 is 5.32 Å². The van der Waals surface area contributed by atoms with Crippen molar-refractivity contribution in [2.75, 3.05) is 10.6 Å². The minimum absolute atomic E-state index is 0.346. The lowest BCUT2D eigenvalue weighted by molar-refractivity contribution is 0.262. The molecule has 0 aliphatic heterocycles. The second-order valence-electron chi connectivity index (χ2n) is 5.54. The summed E-state index contributed by atoms with van der Waals surface area (Å²) in [4.78, 5) is 16.5. The predicted octanol–water partition coefficient (Wildman–Crippen LogP) is 6.38. The Morgan fingerprint density at radius 1 is 1.04 bits per heavy atom. The van der Waals surface area contributed by atoms with Gasteiger partial charge in [0.05, 0.1) is 10.7 Å². The summed E-state index contributed by atoms with van der Waals surface area (Å²) >= 11 is 13.5. The summed E-state index contributed by atoms with van der Waals surface area (Å²) in [7, 11) is 0. The Morgan fingerprint density at radius 3 is 2.60 bits per heavy atom. The summed E-state index contributed by atoms with van der Waals surface area (Å²) in [6.07, 6.45) is 0. The van der Waals surface area contributed by atoms with Crippen molar-refractivity contribution in [1.29, 1.82) is 0 Å². The van der Waals surface area contributed by atoms with Crippen LogP contribution in [0.3, 0.4) is 0 Å². The van der Waals surface area contributed by atoms with Gasteiger partial charge in [0.15, 0.2) is 5.13 Å². The van der Waals surface area contributed by atoms with Gasteiger partial charge >= 0.3 is 6.03 Å². The zero-order valence-electron chi connectivity index (χ0n) is 13.6. The fraction of sp³-hybridized carbons (Fsp3) is 0.111. The van der Waals surface area contributed by atoms with Crippen molar-refractivity contribution in [2.45, 2.75) is 13.8 Å². The van der Waals surface area contributed by atoms with Crippen LogP contribution in [0.4, 0.5) is 15.6 Å². The third kappa shape index (κ3) is 4.31. The van der Waals surface area contributed by atoms with E-state index in [4.69, 9.17) is 23.2 Å². The molecule has 0 atom stereocenters. The van der Waals surface area contributed by atoms with Crippen LogP contribution in [-0.4, -0.2) is 11.0 Å². The number of nitrogens with zero attached hydrogens (tertiary/aromatic N) is 1. The molecule has 0 aliphatic carbocycles. The SMILES string of the molecule is Cc1ccc(NC(=O)Nc2nc(-c3cc(Cl)ccc3Cl)cs2)cc1C. The largest absolute Gasteiger partial charge is 0.325 e. The van der Waals surface area contributed by atoms with Crippen LogP contribution < -0.4 is 10.6 Å². The second kappa shape index (κ2) is 7.44. The van der Waals surface area contributed by atoms with Crippen molar-refractivity contribution in [1.82, 2.24) is 4.98 Å². The number of carbonyl (C=O) groups is 1. The summed E-state index contributed by atoms with van der Waals surface area (Å²) in [5.41, 5.74) is 4.42. The van der Waals surface area contributed by atoms with Gasteiger partial charge in [0, 0.05) is 21.7 Å².